The van der Waals surface area contributed by atoms with E-state index < -0.39 is 84.6 Å². The lowest BCUT2D eigenvalue weighted by Crippen LogP contribution is -2.58. The van der Waals surface area contributed by atoms with Gasteiger partial charge in [-0.3, -0.25) is 38.6 Å². The second kappa shape index (κ2) is 20.4. The van der Waals surface area contributed by atoms with Crippen molar-refractivity contribution in [3.63, 3.8) is 0 Å². The molecule has 0 radical (unpaired) electrons. The van der Waals surface area contributed by atoms with Crippen LogP contribution >= 0.6 is 0 Å². The third-order valence-corrected chi connectivity index (χ3v) is 6.51. The molecule has 0 aliphatic heterocycles. The SMILES string of the molecule is CC[C@H](C)[C@H](NC(=O)CNC(=O)[C@H](CCCN=C(N)N)NC(=O)[C@@H](N)CCC(N)=O)C(=O)N[C@H](C(=O)NCC(=O)O)C(C)C. The molecule has 0 saturated heterocycles. The summed E-state index contributed by atoms with van der Waals surface area (Å²) in [4.78, 5) is 89.5. The zero-order valence-electron chi connectivity index (χ0n) is 25.7. The molecule has 14 N–H and O–H groups in total. The van der Waals surface area contributed by atoms with Gasteiger partial charge in [-0.2, -0.15) is 0 Å². The molecule has 0 heterocycles. The zero-order valence-corrected chi connectivity index (χ0v) is 25.7. The fraction of sp³-hybridized carbons (Fsp3) is 0.692. The van der Waals surface area contributed by atoms with E-state index >= 15 is 0 Å². The number of guanidine groups is 1. The Balaban J connectivity index is 5.48. The topological polar surface area (TPSA) is 316 Å². The van der Waals surface area contributed by atoms with Crippen molar-refractivity contribution in [1.29, 1.82) is 0 Å². The van der Waals surface area contributed by atoms with E-state index in [1.807, 2.05) is 0 Å². The van der Waals surface area contributed by atoms with E-state index in [-0.39, 0.29) is 44.1 Å². The van der Waals surface area contributed by atoms with Gasteiger partial charge in [-0.05, 0) is 31.1 Å². The first-order chi connectivity index (χ1) is 20.5. The minimum atomic E-state index is -1.25. The number of nitrogens with two attached hydrogens (primary N) is 4. The van der Waals surface area contributed by atoms with Gasteiger partial charge in [0.2, 0.25) is 35.4 Å². The first kappa shape index (κ1) is 39.5. The van der Waals surface area contributed by atoms with Crippen LogP contribution in [0.25, 0.3) is 0 Å². The van der Waals surface area contributed by atoms with Crippen molar-refractivity contribution < 1.29 is 38.7 Å². The van der Waals surface area contributed by atoms with Crippen molar-refractivity contribution in [3.8, 4) is 0 Å². The van der Waals surface area contributed by atoms with E-state index in [4.69, 9.17) is 28.0 Å². The zero-order chi connectivity index (χ0) is 34.0. The molecular weight excluding hydrogens is 580 g/mol. The molecule has 0 spiro atoms. The van der Waals surface area contributed by atoms with E-state index in [9.17, 15) is 33.6 Å². The molecule has 44 heavy (non-hydrogen) atoms. The van der Waals surface area contributed by atoms with Crippen LogP contribution in [0.15, 0.2) is 4.99 Å². The summed E-state index contributed by atoms with van der Waals surface area (Å²) in [5, 5.41) is 21.1. The Morgan fingerprint density at radius 2 is 1.39 bits per heavy atom. The Labute approximate surface area is 256 Å². The number of amides is 6. The van der Waals surface area contributed by atoms with Gasteiger partial charge in [0.05, 0.1) is 12.6 Å². The summed E-state index contributed by atoms with van der Waals surface area (Å²) in [7, 11) is 0. The van der Waals surface area contributed by atoms with Crippen LogP contribution in [0, 0.1) is 11.8 Å². The minimum absolute atomic E-state index is 0.0378. The molecule has 0 aromatic heterocycles. The molecule has 0 bridgehead atoms. The van der Waals surface area contributed by atoms with Crippen molar-refractivity contribution >= 4 is 47.4 Å². The predicted molar refractivity (Wildman–Crippen MR) is 160 cm³/mol. The summed E-state index contributed by atoms with van der Waals surface area (Å²) < 4.78 is 0. The maximum Gasteiger partial charge on any atom is 0.322 e. The maximum atomic E-state index is 13.1. The van der Waals surface area contributed by atoms with Gasteiger partial charge in [-0.15, -0.1) is 0 Å². The van der Waals surface area contributed by atoms with Crippen LogP contribution in [0.1, 0.15) is 59.8 Å². The van der Waals surface area contributed by atoms with Gasteiger partial charge < -0.3 is 54.6 Å². The summed E-state index contributed by atoms with van der Waals surface area (Å²) >= 11 is 0. The highest BCUT2D eigenvalue weighted by atomic mass is 16.4. The standard InChI is InChI=1S/C26H48N10O8/c1-5-14(4)21(25(44)36-20(13(2)3)24(43)33-12-19(39)40)35-18(38)11-32-23(42)16(7-6-10-31-26(29)30)34-22(41)15(27)8-9-17(28)37/h13-16,20-21H,5-12,27H2,1-4H3,(H2,28,37)(H,32,42)(H,33,43)(H,34,41)(H,35,38)(H,36,44)(H,39,40)(H4,29,30,31)/t14-,15-,16-,20-,21-/m0/s1. The molecule has 0 aromatic rings. The third-order valence-electron chi connectivity index (χ3n) is 6.51. The highest BCUT2D eigenvalue weighted by molar-refractivity contribution is 5.95. The Kier molecular flexibility index (Phi) is 18.3. The molecule has 5 atom stereocenters. The molecule has 6 amide bonds. The van der Waals surface area contributed by atoms with E-state index in [1.54, 1.807) is 27.7 Å². The van der Waals surface area contributed by atoms with E-state index in [2.05, 4.69) is 31.6 Å². The molecule has 0 fully saturated rings. The molecule has 0 unspecified atom stereocenters. The molecule has 0 saturated carbocycles. The number of aliphatic imine (C=N–C) groups is 1. The van der Waals surface area contributed by atoms with Crippen LogP contribution in [0.5, 0.6) is 0 Å². The number of carbonyl (C=O) groups excluding carboxylic acids is 6. The molecule has 0 aliphatic carbocycles. The molecular formula is C26H48N10O8. The molecule has 0 aromatic carbocycles. The number of carbonyl (C=O) groups is 7. The molecule has 250 valence electrons. The summed E-state index contributed by atoms with van der Waals surface area (Å²) in [5.74, 6) is -6.34. The van der Waals surface area contributed by atoms with Gasteiger partial charge >= 0.3 is 5.97 Å². The Hall–Kier alpha value is -4.48. The van der Waals surface area contributed by atoms with Crippen LogP contribution in [0.3, 0.4) is 0 Å². The van der Waals surface area contributed by atoms with Gasteiger partial charge in [-0.25, -0.2) is 0 Å². The molecule has 0 rings (SSSR count). The number of carboxylic acid groups (broad SMARTS) is 1. The van der Waals surface area contributed by atoms with Crippen molar-refractivity contribution in [2.75, 3.05) is 19.6 Å². The van der Waals surface area contributed by atoms with Crippen molar-refractivity contribution in [3.05, 3.63) is 0 Å². The quantitative estimate of drug-likeness (QED) is 0.0333. The van der Waals surface area contributed by atoms with Crippen LogP contribution in [-0.2, 0) is 33.6 Å². The number of rotatable bonds is 21. The summed E-state index contributed by atoms with van der Waals surface area (Å²) in [6.07, 6.45) is 0.668. The lowest BCUT2D eigenvalue weighted by molar-refractivity contribution is -0.139. The normalized spacial score (nSPS) is 14.1. The van der Waals surface area contributed by atoms with E-state index in [0.717, 1.165) is 0 Å². The Morgan fingerprint density at radius 3 is 1.91 bits per heavy atom. The van der Waals surface area contributed by atoms with E-state index in [0.29, 0.717) is 6.42 Å². The van der Waals surface area contributed by atoms with Crippen LogP contribution < -0.4 is 49.5 Å². The summed E-state index contributed by atoms with van der Waals surface area (Å²) in [5.41, 5.74) is 21.5. The number of aliphatic carboxylic acids is 1. The maximum absolute atomic E-state index is 13.1. The first-order valence-corrected chi connectivity index (χ1v) is 14.3. The van der Waals surface area contributed by atoms with Crippen molar-refractivity contribution in [2.45, 2.75) is 84.0 Å². The van der Waals surface area contributed by atoms with Crippen LogP contribution in [-0.4, -0.2) is 96.3 Å². The molecule has 18 nitrogen and oxygen atoms in total. The monoisotopic (exact) mass is 628 g/mol. The third kappa shape index (κ3) is 16.2. The lowest BCUT2D eigenvalue weighted by atomic mass is 9.96. The molecule has 0 aliphatic rings. The summed E-state index contributed by atoms with van der Waals surface area (Å²) in [6.45, 7) is 5.80. The number of primary amides is 1. The number of hydrogen-bond acceptors (Lipinski definition) is 9. The van der Waals surface area contributed by atoms with Crippen molar-refractivity contribution in [1.82, 2.24) is 26.6 Å². The van der Waals surface area contributed by atoms with Gasteiger partial charge in [0.25, 0.3) is 0 Å². The Bertz CT molecular complexity index is 1050. The smallest absolute Gasteiger partial charge is 0.322 e. The number of nitrogens with zero attached hydrogens (tertiary/aromatic N) is 1. The average molecular weight is 629 g/mol. The van der Waals surface area contributed by atoms with Gasteiger partial charge in [0.15, 0.2) is 5.96 Å². The van der Waals surface area contributed by atoms with Gasteiger partial charge in [0, 0.05) is 13.0 Å². The minimum Gasteiger partial charge on any atom is -0.480 e. The first-order valence-electron chi connectivity index (χ1n) is 14.3. The van der Waals surface area contributed by atoms with Gasteiger partial charge in [-0.1, -0.05) is 34.1 Å². The highest BCUT2D eigenvalue weighted by Gasteiger charge is 2.32. The second-order valence-electron chi connectivity index (χ2n) is 10.6. The van der Waals surface area contributed by atoms with Crippen LogP contribution in [0.2, 0.25) is 0 Å². The van der Waals surface area contributed by atoms with Crippen molar-refractivity contribution in [2.24, 2.45) is 39.8 Å². The number of carboxylic acids is 1. The number of hydrogen-bond donors (Lipinski definition) is 10. The molecule has 18 heteroatoms. The van der Waals surface area contributed by atoms with E-state index in [1.165, 1.54) is 0 Å². The lowest BCUT2D eigenvalue weighted by Gasteiger charge is -2.28. The fourth-order valence-corrected chi connectivity index (χ4v) is 3.75. The Morgan fingerprint density at radius 1 is 0.773 bits per heavy atom. The highest BCUT2D eigenvalue weighted by Crippen LogP contribution is 2.10. The second-order valence-corrected chi connectivity index (χ2v) is 10.6. The van der Waals surface area contributed by atoms with Gasteiger partial charge in [0.1, 0.15) is 24.7 Å². The predicted octanol–water partition coefficient (Wildman–Crippen LogP) is -3.89. The summed E-state index contributed by atoms with van der Waals surface area (Å²) in [6, 6.07) is -4.40. The van der Waals surface area contributed by atoms with Crippen LogP contribution in [0.4, 0.5) is 0 Å². The largest absolute Gasteiger partial charge is 0.480 e. The average Bonchev–Trinajstić information content (AvgIpc) is 2.95. The number of nitrogens with one attached hydrogen (secondary N) is 5. The fourth-order valence-electron chi connectivity index (χ4n) is 3.75.